The van der Waals surface area contributed by atoms with Crippen molar-refractivity contribution >= 4 is 17.8 Å². The first-order valence-corrected chi connectivity index (χ1v) is 10.6. The smallest absolute Gasteiger partial charge is 0.336 e. The van der Waals surface area contributed by atoms with Gasteiger partial charge in [0.05, 0.1) is 18.2 Å². The quantitative estimate of drug-likeness (QED) is 0.666. The monoisotopic (exact) mass is 438 g/mol. The lowest BCUT2D eigenvalue weighted by molar-refractivity contribution is -0.141. The van der Waals surface area contributed by atoms with Gasteiger partial charge in [-0.05, 0) is 38.0 Å². The summed E-state index contributed by atoms with van der Waals surface area (Å²) in [5, 5.41) is 2.87. The summed E-state index contributed by atoms with van der Waals surface area (Å²) in [5.74, 6) is -2.60. The zero-order valence-electron chi connectivity index (χ0n) is 18.4. The predicted octanol–water partition coefficient (Wildman–Crippen LogP) is 3.86. The van der Waals surface area contributed by atoms with E-state index in [1.54, 1.807) is 32.0 Å². The maximum Gasteiger partial charge on any atom is 0.336 e. The van der Waals surface area contributed by atoms with Crippen molar-refractivity contribution < 1.29 is 23.5 Å². The van der Waals surface area contributed by atoms with Crippen LogP contribution in [-0.4, -0.2) is 35.8 Å². The van der Waals surface area contributed by atoms with Crippen molar-refractivity contribution in [1.29, 1.82) is 0 Å². The molecule has 0 saturated carbocycles. The highest BCUT2D eigenvalue weighted by molar-refractivity contribution is 5.97. The number of carbonyl (C=O) groups is 3. The number of hydrogen-bond donors (Lipinski definition) is 1. The third-order valence-electron chi connectivity index (χ3n) is 5.58. The Kier molecular flexibility index (Phi) is 7.41. The number of nitrogens with one attached hydrogen (secondary N) is 1. The average molecular weight is 438 g/mol. The molecule has 1 aliphatic heterocycles. The highest BCUT2D eigenvalue weighted by atomic mass is 19.1. The normalized spacial score (nSPS) is 17.2. The third-order valence-corrected chi connectivity index (χ3v) is 5.58. The Balaban J connectivity index is 1.88. The minimum absolute atomic E-state index is 0.131. The molecule has 0 fully saturated rings. The Morgan fingerprint density at radius 1 is 1.16 bits per heavy atom. The molecule has 1 N–H and O–H groups in total. The van der Waals surface area contributed by atoms with Crippen LogP contribution in [0.25, 0.3) is 0 Å². The topological polar surface area (TPSA) is 75.7 Å². The van der Waals surface area contributed by atoms with Gasteiger partial charge in [-0.15, -0.1) is 0 Å². The van der Waals surface area contributed by atoms with Crippen LogP contribution in [0.2, 0.25) is 0 Å². The summed E-state index contributed by atoms with van der Waals surface area (Å²) in [5.41, 5.74) is 1.69. The SMILES string of the molecule is CCOC(=O)C1=C(C)N(CC(=O)NC(C)c2ccccc2)C(=O)CC1c1ccccc1F. The van der Waals surface area contributed by atoms with E-state index < -0.39 is 17.7 Å². The summed E-state index contributed by atoms with van der Waals surface area (Å²) < 4.78 is 19.7. The molecule has 2 amide bonds. The number of benzene rings is 2. The zero-order chi connectivity index (χ0) is 23.3. The molecule has 2 unspecified atom stereocenters. The lowest BCUT2D eigenvalue weighted by Crippen LogP contribution is -2.44. The maximum atomic E-state index is 14.5. The van der Waals surface area contributed by atoms with E-state index in [-0.39, 0.29) is 48.6 Å². The van der Waals surface area contributed by atoms with Gasteiger partial charge in [0.1, 0.15) is 12.4 Å². The van der Waals surface area contributed by atoms with Crippen LogP contribution in [0.3, 0.4) is 0 Å². The van der Waals surface area contributed by atoms with Gasteiger partial charge in [-0.1, -0.05) is 48.5 Å². The highest BCUT2D eigenvalue weighted by Gasteiger charge is 2.38. The number of nitrogens with zero attached hydrogens (tertiary/aromatic N) is 1. The third kappa shape index (κ3) is 5.04. The van der Waals surface area contributed by atoms with Crippen LogP contribution in [0.1, 0.15) is 50.3 Å². The summed E-state index contributed by atoms with van der Waals surface area (Å²) in [7, 11) is 0. The predicted molar refractivity (Wildman–Crippen MR) is 118 cm³/mol. The Labute approximate surface area is 187 Å². The first kappa shape index (κ1) is 23.2. The number of halogens is 1. The van der Waals surface area contributed by atoms with Crippen molar-refractivity contribution in [2.75, 3.05) is 13.2 Å². The largest absolute Gasteiger partial charge is 0.463 e. The molecule has 0 bridgehead atoms. The van der Waals surface area contributed by atoms with Crippen molar-refractivity contribution in [3.05, 3.63) is 82.8 Å². The first-order valence-electron chi connectivity index (χ1n) is 10.6. The minimum Gasteiger partial charge on any atom is -0.463 e. The lowest BCUT2D eigenvalue weighted by Gasteiger charge is -2.34. The highest BCUT2D eigenvalue weighted by Crippen LogP contribution is 2.38. The van der Waals surface area contributed by atoms with Gasteiger partial charge in [-0.2, -0.15) is 0 Å². The Bertz CT molecular complexity index is 1040. The van der Waals surface area contributed by atoms with Crippen molar-refractivity contribution in [1.82, 2.24) is 10.2 Å². The van der Waals surface area contributed by atoms with Crippen LogP contribution in [0.4, 0.5) is 4.39 Å². The van der Waals surface area contributed by atoms with Crippen LogP contribution < -0.4 is 5.32 Å². The fourth-order valence-corrected chi connectivity index (χ4v) is 3.96. The minimum atomic E-state index is -0.773. The van der Waals surface area contributed by atoms with Gasteiger partial charge in [0.15, 0.2) is 0 Å². The molecule has 0 spiro atoms. The Morgan fingerprint density at radius 2 is 1.81 bits per heavy atom. The van der Waals surface area contributed by atoms with Crippen LogP contribution >= 0.6 is 0 Å². The van der Waals surface area contributed by atoms with Crippen molar-refractivity contribution in [2.24, 2.45) is 0 Å². The van der Waals surface area contributed by atoms with E-state index in [1.807, 2.05) is 37.3 Å². The second-order valence-corrected chi connectivity index (χ2v) is 7.68. The molecular formula is C25H27FN2O4. The molecule has 7 heteroatoms. The molecule has 3 rings (SSSR count). The van der Waals surface area contributed by atoms with Gasteiger partial charge in [-0.25, -0.2) is 9.18 Å². The summed E-state index contributed by atoms with van der Waals surface area (Å²) >= 11 is 0. The molecule has 0 aromatic heterocycles. The fourth-order valence-electron chi connectivity index (χ4n) is 3.96. The summed E-state index contributed by atoms with van der Waals surface area (Å²) in [6, 6.07) is 15.3. The van der Waals surface area contributed by atoms with E-state index in [2.05, 4.69) is 5.32 Å². The fraction of sp³-hybridized carbons (Fsp3) is 0.320. The molecule has 2 atom stereocenters. The Hall–Kier alpha value is -3.48. The van der Waals surface area contributed by atoms with Crippen LogP contribution in [0.5, 0.6) is 0 Å². The zero-order valence-corrected chi connectivity index (χ0v) is 18.4. The maximum absolute atomic E-state index is 14.5. The molecule has 6 nitrogen and oxygen atoms in total. The van der Waals surface area contributed by atoms with Crippen LogP contribution in [0, 0.1) is 5.82 Å². The van der Waals surface area contributed by atoms with E-state index in [9.17, 15) is 18.8 Å². The van der Waals surface area contributed by atoms with Crippen LogP contribution in [-0.2, 0) is 19.1 Å². The number of amides is 2. The van der Waals surface area contributed by atoms with Crippen molar-refractivity contribution in [3.63, 3.8) is 0 Å². The second-order valence-electron chi connectivity index (χ2n) is 7.68. The molecule has 168 valence electrons. The number of carbonyl (C=O) groups excluding carboxylic acids is 3. The molecule has 0 radical (unpaired) electrons. The van der Waals surface area contributed by atoms with E-state index >= 15 is 0 Å². The number of rotatable bonds is 7. The van der Waals surface area contributed by atoms with Gasteiger partial charge in [0, 0.05) is 18.0 Å². The van der Waals surface area contributed by atoms with E-state index in [4.69, 9.17) is 4.74 Å². The lowest BCUT2D eigenvalue weighted by atomic mass is 9.83. The van der Waals surface area contributed by atoms with Gasteiger partial charge in [-0.3, -0.25) is 9.59 Å². The molecule has 0 aliphatic carbocycles. The van der Waals surface area contributed by atoms with Gasteiger partial charge >= 0.3 is 5.97 Å². The molecular weight excluding hydrogens is 411 g/mol. The summed E-state index contributed by atoms with van der Waals surface area (Å²) in [4.78, 5) is 39.7. The van der Waals surface area contributed by atoms with Gasteiger partial charge < -0.3 is 15.0 Å². The van der Waals surface area contributed by atoms with Gasteiger partial charge in [0.25, 0.3) is 0 Å². The standard InChI is InChI=1S/C25H27FN2O4/c1-4-32-25(31)24-17(3)28(15-22(29)27-16(2)18-10-6-5-7-11-18)23(30)14-20(24)19-12-8-9-13-21(19)26/h5-13,16,20H,4,14-15H2,1-3H3,(H,27,29). The second kappa shape index (κ2) is 10.2. The van der Waals surface area contributed by atoms with Crippen molar-refractivity contribution in [2.45, 2.75) is 39.2 Å². The molecule has 0 saturated heterocycles. The molecule has 1 heterocycles. The number of allylic oxidation sites excluding steroid dienone is 1. The number of esters is 1. The molecule has 2 aromatic carbocycles. The van der Waals surface area contributed by atoms with E-state index in [0.717, 1.165) is 5.56 Å². The number of ether oxygens (including phenoxy) is 1. The molecule has 1 aliphatic rings. The van der Waals surface area contributed by atoms with Crippen LogP contribution in [0.15, 0.2) is 65.9 Å². The molecule has 32 heavy (non-hydrogen) atoms. The average Bonchev–Trinajstić information content (AvgIpc) is 2.77. The number of hydrogen-bond acceptors (Lipinski definition) is 4. The Morgan fingerprint density at radius 3 is 2.47 bits per heavy atom. The van der Waals surface area contributed by atoms with E-state index in [0.29, 0.717) is 5.70 Å². The van der Waals surface area contributed by atoms with E-state index in [1.165, 1.54) is 11.0 Å². The first-order chi connectivity index (χ1) is 15.3. The molecule has 2 aromatic rings. The van der Waals surface area contributed by atoms with Gasteiger partial charge in [0.2, 0.25) is 11.8 Å². The summed E-state index contributed by atoms with van der Waals surface area (Å²) in [6.45, 7) is 5.02. The van der Waals surface area contributed by atoms with Crippen molar-refractivity contribution in [3.8, 4) is 0 Å². The summed E-state index contributed by atoms with van der Waals surface area (Å²) in [6.07, 6.45) is -0.131.